The second kappa shape index (κ2) is 15.5. The summed E-state index contributed by atoms with van der Waals surface area (Å²) >= 11 is 0. The summed E-state index contributed by atoms with van der Waals surface area (Å²) in [4.78, 5) is 54.3. The molecule has 0 aromatic heterocycles. The summed E-state index contributed by atoms with van der Waals surface area (Å²) in [5, 5.41) is 8.69. The number of nitrogens with zero attached hydrogens (tertiary/aromatic N) is 1. The predicted molar refractivity (Wildman–Crippen MR) is 168 cm³/mol. The van der Waals surface area contributed by atoms with Crippen molar-refractivity contribution in [3.05, 3.63) is 65.7 Å². The fourth-order valence-corrected chi connectivity index (χ4v) is 5.13. The summed E-state index contributed by atoms with van der Waals surface area (Å²) < 4.78 is 5.38. The minimum absolute atomic E-state index is 0.172. The first-order chi connectivity index (χ1) is 20.3. The van der Waals surface area contributed by atoms with E-state index < -0.39 is 23.8 Å². The number of anilines is 1. The molecule has 43 heavy (non-hydrogen) atoms. The van der Waals surface area contributed by atoms with Gasteiger partial charge in [-0.15, -0.1) is 0 Å². The van der Waals surface area contributed by atoms with Gasteiger partial charge in [-0.1, -0.05) is 63.2 Å². The minimum Gasteiger partial charge on any atom is -0.444 e. The van der Waals surface area contributed by atoms with Crippen LogP contribution >= 0.6 is 0 Å². The summed E-state index contributed by atoms with van der Waals surface area (Å²) in [6, 6.07) is 15.8. The Kier molecular flexibility index (Phi) is 12.2. The highest BCUT2D eigenvalue weighted by atomic mass is 16.6. The highest BCUT2D eigenvalue weighted by Gasteiger charge is 2.34. The van der Waals surface area contributed by atoms with Crippen LogP contribution in [0.3, 0.4) is 0 Å². The Morgan fingerprint density at radius 2 is 1.51 bits per heavy atom. The fraction of sp³-hybridized carbons (Fsp3) is 0.529. The van der Waals surface area contributed by atoms with Crippen molar-refractivity contribution >= 4 is 29.5 Å². The van der Waals surface area contributed by atoms with Crippen molar-refractivity contribution in [3.63, 3.8) is 0 Å². The number of nitrogens with one attached hydrogen (secondary N) is 3. The first-order valence-corrected chi connectivity index (χ1v) is 15.4. The van der Waals surface area contributed by atoms with Crippen LogP contribution in [0, 0.1) is 11.8 Å². The quantitative estimate of drug-likeness (QED) is 0.336. The molecule has 0 saturated carbocycles. The van der Waals surface area contributed by atoms with Gasteiger partial charge in [0.15, 0.2) is 0 Å². The third-order valence-electron chi connectivity index (χ3n) is 7.42. The van der Waals surface area contributed by atoms with Crippen LogP contribution < -0.4 is 16.0 Å². The van der Waals surface area contributed by atoms with Gasteiger partial charge in [-0.25, -0.2) is 4.79 Å². The molecule has 1 aliphatic rings. The lowest BCUT2D eigenvalue weighted by Crippen LogP contribution is -2.53. The molecule has 1 heterocycles. The molecule has 9 nitrogen and oxygen atoms in total. The van der Waals surface area contributed by atoms with Crippen molar-refractivity contribution in [1.29, 1.82) is 0 Å². The summed E-state index contributed by atoms with van der Waals surface area (Å²) in [6.07, 6.45) is 2.06. The monoisotopic (exact) mass is 592 g/mol. The molecule has 3 N–H and O–H groups in total. The third kappa shape index (κ3) is 11.0. The molecule has 234 valence electrons. The molecule has 3 rings (SSSR count). The van der Waals surface area contributed by atoms with Crippen LogP contribution in [0.5, 0.6) is 0 Å². The number of ether oxygens (including phenoxy) is 1. The van der Waals surface area contributed by atoms with E-state index in [0.717, 1.165) is 12.0 Å². The first kappa shape index (κ1) is 33.6. The molecule has 0 bridgehead atoms. The van der Waals surface area contributed by atoms with Gasteiger partial charge in [0.2, 0.25) is 17.7 Å². The van der Waals surface area contributed by atoms with Gasteiger partial charge in [0.1, 0.15) is 17.7 Å². The van der Waals surface area contributed by atoms with Crippen LogP contribution in [0.25, 0.3) is 0 Å². The number of carbonyl (C=O) groups excluding carboxylic acids is 4. The Morgan fingerprint density at radius 3 is 2.07 bits per heavy atom. The van der Waals surface area contributed by atoms with Gasteiger partial charge in [0, 0.05) is 31.1 Å². The summed E-state index contributed by atoms with van der Waals surface area (Å²) in [6.45, 7) is 12.2. The summed E-state index contributed by atoms with van der Waals surface area (Å²) in [5.74, 6) is -0.798. The Labute approximate surface area is 256 Å². The van der Waals surface area contributed by atoms with Crippen molar-refractivity contribution in [1.82, 2.24) is 15.5 Å². The number of alkyl carbamates (subject to hydrolysis) is 1. The lowest BCUT2D eigenvalue weighted by Gasteiger charge is -2.35. The molecule has 9 heteroatoms. The van der Waals surface area contributed by atoms with E-state index in [0.29, 0.717) is 44.5 Å². The Hall–Kier alpha value is -3.88. The lowest BCUT2D eigenvalue weighted by atomic mass is 9.93. The minimum atomic E-state index is -0.756. The Morgan fingerprint density at radius 1 is 0.884 bits per heavy atom. The van der Waals surface area contributed by atoms with Gasteiger partial charge in [0.25, 0.3) is 0 Å². The van der Waals surface area contributed by atoms with Crippen LogP contribution in [-0.2, 0) is 32.0 Å². The largest absolute Gasteiger partial charge is 0.444 e. The van der Waals surface area contributed by atoms with E-state index in [1.165, 1.54) is 5.56 Å². The zero-order chi connectivity index (χ0) is 31.6. The molecule has 2 aromatic rings. The molecule has 0 spiro atoms. The number of hydrogen-bond donors (Lipinski definition) is 3. The molecule has 1 saturated heterocycles. The van der Waals surface area contributed by atoms with Gasteiger partial charge >= 0.3 is 6.09 Å². The second-order valence-electron chi connectivity index (χ2n) is 12.7. The van der Waals surface area contributed by atoms with Crippen LogP contribution in [0.1, 0.15) is 71.9 Å². The maximum Gasteiger partial charge on any atom is 0.408 e. The van der Waals surface area contributed by atoms with Gasteiger partial charge < -0.3 is 25.6 Å². The van der Waals surface area contributed by atoms with Gasteiger partial charge in [-0.2, -0.15) is 0 Å². The molecule has 2 atom stereocenters. The molecular weight excluding hydrogens is 544 g/mol. The summed E-state index contributed by atoms with van der Waals surface area (Å²) in [5.41, 5.74) is 2.12. The van der Waals surface area contributed by atoms with E-state index >= 15 is 0 Å². The zero-order valence-electron chi connectivity index (χ0n) is 26.4. The van der Waals surface area contributed by atoms with E-state index in [9.17, 15) is 19.2 Å². The van der Waals surface area contributed by atoms with E-state index in [2.05, 4.69) is 22.9 Å². The van der Waals surface area contributed by atoms with Crippen molar-refractivity contribution in [2.45, 2.75) is 91.3 Å². The van der Waals surface area contributed by atoms with E-state index in [4.69, 9.17) is 4.74 Å². The van der Waals surface area contributed by atoms with Crippen molar-refractivity contribution < 1.29 is 23.9 Å². The van der Waals surface area contributed by atoms with Crippen LogP contribution in [0.2, 0.25) is 0 Å². The van der Waals surface area contributed by atoms with Gasteiger partial charge in [-0.3, -0.25) is 14.4 Å². The van der Waals surface area contributed by atoms with Gasteiger partial charge in [-0.05, 0) is 75.6 Å². The number of hydrogen-bond acceptors (Lipinski definition) is 5. The van der Waals surface area contributed by atoms with E-state index in [1.807, 2.05) is 68.4 Å². The van der Waals surface area contributed by atoms with Crippen LogP contribution in [-0.4, -0.2) is 59.5 Å². The highest BCUT2D eigenvalue weighted by molar-refractivity contribution is 5.97. The number of likely N-dealkylation sites (tertiary alicyclic amines) is 1. The average molecular weight is 593 g/mol. The average Bonchev–Trinajstić information content (AvgIpc) is 2.96. The van der Waals surface area contributed by atoms with Crippen molar-refractivity contribution in [2.75, 3.05) is 18.4 Å². The molecule has 1 fully saturated rings. The lowest BCUT2D eigenvalue weighted by molar-refractivity contribution is -0.138. The number of aryl methyl sites for hydroxylation is 1. The molecular formula is C34H48N4O5. The molecule has 2 unspecified atom stereocenters. The fourth-order valence-electron chi connectivity index (χ4n) is 5.13. The van der Waals surface area contributed by atoms with E-state index in [1.54, 1.807) is 25.7 Å². The first-order valence-electron chi connectivity index (χ1n) is 15.4. The molecule has 1 aliphatic heterocycles. The topological polar surface area (TPSA) is 117 Å². The summed E-state index contributed by atoms with van der Waals surface area (Å²) in [7, 11) is 0. The number of rotatable bonds is 11. The van der Waals surface area contributed by atoms with Crippen LogP contribution in [0.4, 0.5) is 10.5 Å². The van der Waals surface area contributed by atoms with Crippen LogP contribution in [0.15, 0.2) is 54.6 Å². The number of carbonyl (C=O) groups is 4. The maximum atomic E-state index is 13.4. The SMILES string of the molecule is CCc1ccc(NC(=O)C(Cc2ccccc2)NC(=O)C2CCN(C(=O)C(CC(C)C)NC(=O)OC(C)(C)C)CC2)cc1. The van der Waals surface area contributed by atoms with E-state index in [-0.39, 0.29) is 29.6 Å². The van der Waals surface area contributed by atoms with Crippen molar-refractivity contribution in [2.24, 2.45) is 11.8 Å². The number of amides is 4. The standard InChI is InChI=1S/C34H48N4O5/c1-7-24-13-15-27(16-14-24)35-31(40)28(22-25-11-9-8-10-12-25)36-30(39)26-17-19-38(20-18-26)32(41)29(21-23(2)3)37-33(42)43-34(4,5)6/h8-16,23,26,28-29H,7,17-22H2,1-6H3,(H,35,40)(H,36,39)(H,37,42). The Bertz CT molecular complexity index is 1220. The molecule has 0 aliphatic carbocycles. The molecule has 4 amide bonds. The highest BCUT2D eigenvalue weighted by Crippen LogP contribution is 2.21. The zero-order valence-corrected chi connectivity index (χ0v) is 26.4. The van der Waals surface area contributed by atoms with Crippen molar-refractivity contribution in [3.8, 4) is 0 Å². The second-order valence-corrected chi connectivity index (χ2v) is 12.7. The number of piperidine rings is 1. The Balaban J connectivity index is 1.62. The predicted octanol–water partition coefficient (Wildman–Crippen LogP) is 5.09. The smallest absolute Gasteiger partial charge is 0.408 e. The maximum absolute atomic E-state index is 13.4. The molecule has 2 aromatic carbocycles. The third-order valence-corrected chi connectivity index (χ3v) is 7.42. The van der Waals surface area contributed by atoms with Gasteiger partial charge in [0.05, 0.1) is 0 Å². The number of benzene rings is 2. The normalized spacial score (nSPS) is 15.4. The molecule has 0 radical (unpaired) electrons.